The summed E-state index contributed by atoms with van der Waals surface area (Å²) in [5.74, 6) is 0.631. The number of hydrogen-bond acceptors (Lipinski definition) is 7. The zero-order chi connectivity index (χ0) is 27.8. The standard InChI is InChI=1S/C30H34N4O4S/c1-21-17-29(32-22-9-6-11-24(18-22)38-3)28(34-27-14-5-4-13-26(21)27)15-8-16-39(36,37)25-12-7-10-23(19-25)33-30(35)20-31-2/h4-7,9-14,18-19,21,31H,8,15-17,20H2,1-3H3,(H,33,35). The van der Waals surface area contributed by atoms with Crippen LogP contribution < -0.4 is 15.4 Å². The maximum Gasteiger partial charge on any atom is 0.238 e. The summed E-state index contributed by atoms with van der Waals surface area (Å²) in [6, 6.07) is 22.0. The van der Waals surface area contributed by atoms with Crippen molar-refractivity contribution >= 4 is 44.2 Å². The van der Waals surface area contributed by atoms with Gasteiger partial charge in [0.05, 0.1) is 47.1 Å². The van der Waals surface area contributed by atoms with Gasteiger partial charge in [0.1, 0.15) is 5.75 Å². The highest BCUT2D eigenvalue weighted by atomic mass is 32.2. The number of nitrogens with one attached hydrogen (secondary N) is 2. The lowest BCUT2D eigenvalue weighted by atomic mass is 9.93. The summed E-state index contributed by atoms with van der Waals surface area (Å²) in [6.45, 7) is 2.30. The number of benzene rings is 3. The average Bonchev–Trinajstić information content (AvgIpc) is 3.05. The number of sulfone groups is 1. The first-order valence-electron chi connectivity index (χ1n) is 12.9. The van der Waals surface area contributed by atoms with E-state index in [9.17, 15) is 13.2 Å². The Morgan fingerprint density at radius 2 is 1.87 bits per heavy atom. The molecular weight excluding hydrogens is 512 g/mol. The molecule has 9 heteroatoms. The normalized spacial score (nSPS) is 16.2. The second-order valence-electron chi connectivity index (χ2n) is 9.51. The van der Waals surface area contributed by atoms with E-state index in [0.29, 0.717) is 24.9 Å². The van der Waals surface area contributed by atoms with Gasteiger partial charge < -0.3 is 15.4 Å². The molecule has 0 radical (unpaired) electrons. The maximum absolute atomic E-state index is 13.2. The van der Waals surface area contributed by atoms with E-state index >= 15 is 0 Å². The fourth-order valence-electron chi connectivity index (χ4n) is 4.56. The van der Waals surface area contributed by atoms with Crippen LogP contribution >= 0.6 is 0 Å². The van der Waals surface area contributed by atoms with Gasteiger partial charge in [0.25, 0.3) is 0 Å². The smallest absolute Gasteiger partial charge is 0.238 e. The molecule has 8 nitrogen and oxygen atoms in total. The van der Waals surface area contributed by atoms with Crippen molar-refractivity contribution in [3.63, 3.8) is 0 Å². The van der Waals surface area contributed by atoms with Crippen molar-refractivity contribution < 1.29 is 17.9 Å². The number of likely N-dealkylation sites (N-methyl/N-ethyl adjacent to an activating group) is 1. The SMILES string of the molecule is CNCC(=O)Nc1cccc(S(=O)(=O)CCCC2=Nc3ccccc3C(C)CC2=Nc2cccc(OC)c2)c1. The molecule has 1 unspecified atom stereocenters. The van der Waals surface area contributed by atoms with Gasteiger partial charge in [0.2, 0.25) is 5.91 Å². The first-order valence-corrected chi connectivity index (χ1v) is 14.6. The highest BCUT2D eigenvalue weighted by molar-refractivity contribution is 7.91. The zero-order valence-electron chi connectivity index (χ0n) is 22.5. The Morgan fingerprint density at radius 1 is 1.08 bits per heavy atom. The van der Waals surface area contributed by atoms with Gasteiger partial charge in [-0.1, -0.05) is 37.3 Å². The first kappa shape index (κ1) is 28.2. The van der Waals surface area contributed by atoms with Crippen molar-refractivity contribution in [1.29, 1.82) is 0 Å². The van der Waals surface area contributed by atoms with Crippen molar-refractivity contribution in [2.45, 2.75) is 37.0 Å². The lowest BCUT2D eigenvalue weighted by Gasteiger charge is -2.13. The van der Waals surface area contributed by atoms with Crippen LogP contribution in [0.25, 0.3) is 0 Å². The van der Waals surface area contributed by atoms with Crippen molar-refractivity contribution in [2.24, 2.45) is 9.98 Å². The van der Waals surface area contributed by atoms with Crippen molar-refractivity contribution in [2.75, 3.05) is 31.8 Å². The van der Waals surface area contributed by atoms with Crippen LogP contribution in [0.4, 0.5) is 17.1 Å². The van der Waals surface area contributed by atoms with E-state index in [2.05, 4.69) is 23.6 Å². The molecule has 0 fully saturated rings. The highest BCUT2D eigenvalue weighted by Crippen LogP contribution is 2.34. The molecule has 3 aromatic carbocycles. The molecule has 0 bridgehead atoms. The second-order valence-corrected chi connectivity index (χ2v) is 11.6. The van der Waals surface area contributed by atoms with Crippen LogP contribution in [0.3, 0.4) is 0 Å². The van der Waals surface area contributed by atoms with Crippen molar-refractivity contribution in [3.05, 3.63) is 78.4 Å². The van der Waals surface area contributed by atoms with Crippen LogP contribution in [0.2, 0.25) is 0 Å². The number of para-hydroxylation sites is 1. The third-order valence-electron chi connectivity index (χ3n) is 6.51. The molecule has 0 saturated heterocycles. The second kappa shape index (κ2) is 12.8. The molecule has 0 aromatic heterocycles. The summed E-state index contributed by atoms with van der Waals surface area (Å²) < 4.78 is 31.7. The lowest BCUT2D eigenvalue weighted by Crippen LogP contribution is -2.25. The number of anilines is 1. The molecule has 0 aliphatic carbocycles. The number of rotatable bonds is 10. The Bertz CT molecular complexity index is 1500. The summed E-state index contributed by atoms with van der Waals surface area (Å²) >= 11 is 0. The molecule has 3 aromatic rings. The number of hydrogen-bond donors (Lipinski definition) is 2. The lowest BCUT2D eigenvalue weighted by molar-refractivity contribution is -0.115. The summed E-state index contributed by atoms with van der Waals surface area (Å²) in [5.41, 5.74) is 4.89. The minimum absolute atomic E-state index is 0.0520. The molecule has 1 aliphatic heterocycles. The van der Waals surface area contributed by atoms with Gasteiger partial charge in [-0.25, -0.2) is 8.42 Å². The summed E-state index contributed by atoms with van der Waals surface area (Å²) in [6.07, 6.45) is 1.53. The maximum atomic E-state index is 13.2. The minimum Gasteiger partial charge on any atom is -0.497 e. The molecule has 39 heavy (non-hydrogen) atoms. The molecule has 1 heterocycles. The fraction of sp³-hybridized carbons (Fsp3) is 0.300. The Hall–Kier alpha value is -3.82. The molecular formula is C30H34N4O4S. The van der Waals surface area contributed by atoms with Crippen LogP contribution in [0.15, 0.2) is 87.7 Å². The van der Waals surface area contributed by atoms with Crippen LogP contribution in [-0.4, -0.2) is 52.2 Å². The van der Waals surface area contributed by atoms with E-state index < -0.39 is 9.84 Å². The quantitative estimate of drug-likeness (QED) is 0.351. The number of aliphatic imine (C=N–C) groups is 2. The van der Waals surface area contributed by atoms with Crippen LogP contribution in [0.5, 0.6) is 5.75 Å². The van der Waals surface area contributed by atoms with Gasteiger partial charge in [-0.15, -0.1) is 0 Å². The van der Waals surface area contributed by atoms with E-state index in [0.717, 1.165) is 34.1 Å². The summed E-state index contributed by atoms with van der Waals surface area (Å²) in [4.78, 5) is 22.0. The zero-order valence-corrected chi connectivity index (χ0v) is 23.3. The number of amides is 1. The molecule has 0 spiro atoms. The van der Waals surface area contributed by atoms with E-state index in [1.807, 2.05) is 42.5 Å². The average molecular weight is 547 g/mol. The van der Waals surface area contributed by atoms with Crippen molar-refractivity contribution in [3.8, 4) is 5.75 Å². The molecule has 2 N–H and O–H groups in total. The number of methoxy groups -OCH3 is 1. The number of fused-ring (bicyclic) bond motifs is 1. The van der Waals surface area contributed by atoms with Crippen LogP contribution in [-0.2, 0) is 14.6 Å². The predicted octanol–water partition coefficient (Wildman–Crippen LogP) is 5.46. The predicted molar refractivity (Wildman–Crippen MR) is 157 cm³/mol. The van der Waals surface area contributed by atoms with Gasteiger partial charge in [-0.2, -0.15) is 0 Å². The third kappa shape index (κ3) is 7.40. The van der Waals surface area contributed by atoms with Gasteiger partial charge >= 0.3 is 0 Å². The van der Waals surface area contributed by atoms with Crippen LogP contribution in [0.1, 0.15) is 37.7 Å². The Labute approximate surface area is 230 Å². The Morgan fingerprint density at radius 3 is 2.67 bits per heavy atom. The number of ether oxygens (including phenoxy) is 1. The minimum atomic E-state index is -3.58. The largest absolute Gasteiger partial charge is 0.497 e. The van der Waals surface area contributed by atoms with E-state index in [1.165, 1.54) is 6.07 Å². The van der Waals surface area contributed by atoms with Gasteiger partial charge in [-0.05, 0) is 74.2 Å². The fourth-order valence-corrected chi connectivity index (χ4v) is 5.91. The molecule has 4 rings (SSSR count). The number of carbonyl (C=O) groups excluding carboxylic acids is 1. The Balaban J connectivity index is 1.56. The summed E-state index contributed by atoms with van der Waals surface area (Å²) in [5, 5.41) is 5.48. The Kier molecular flexibility index (Phi) is 9.27. The van der Waals surface area contributed by atoms with Crippen molar-refractivity contribution in [1.82, 2.24) is 5.32 Å². The van der Waals surface area contributed by atoms with Crippen LogP contribution in [0, 0.1) is 0 Å². The van der Waals surface area contributed by atoms with Gasteiger partial charge in [-0.3, -0.25) is 14.8 Å². The van der Waals surface area contributed by atoms with E-state index in [4.69, 9.17) is 14.7 Å². The molecule has 204 valence electrons. The van der Waals surface area contributed by atoms with Gasteiger partial charge in [0.15, 0.2) is 9.84 Å². The number of carbonyl (C=O) groups is 1. The van der Waals surface area contributed by atoms with E-state index in [1.54, 1.807) is 32.4 Å². The molecule has 0 saturated carbocycles. The number of nitrogens with zero attached hydrogens (tertiary/aromatic N) is 2. The third-order valence-corrected chi connectivity index (χ3v) is 8.31. The highest BCUT2D eigenvalue weighted by Gasteiger charge is 2.23. The monoisotopic (exact) mass is 546 g/mol. The van der Waals surface area contributed by atoms with E-state index in [-0.39, 0.29) is 29.0 Å². The molecule has 1 atom stereocenters. The van der Waals surface area contributed by atoms with Gasteiger partial charge in [0, 0.05) is 11.8 Å². The molecule has 1 amide bonds. The first-order chi connectivity index (χ1) is 18.8. The summed E-state index contributed by atoms with van der Waals surface area (Å²) in [7, 11) is -0.283. The molecule has 1 aliphatic rings. The topological polar surface area (TPSA) is 109 Å².